The first-order valence-corrected chi connectivity index (χ1v) is 11.8. The van der Waals surface area contributed by atoms with Gasteiger partial charge in [-0.1, -0.05) is 48.5 Å². The summed E-state index contributed by atoms with van der Waals surface area (Å²) in [6, 6.07) is 20.2. The SMILES string of the molecule is COc1ccc(C)cc1S(=O)(=O)N[C@@H](Cc1ccccc1)C(=O)Nc1ccccc1Br. The van der Waals surface area contributed by atoms with E-state index < -0.39 is 22.0 Å². The van der Waals surface area contributed by atoms with Crippen LogP contribution >= 0.6 is 15.9 Å². The van der Waals surface area contributed by atoms with Crippen molar-refractivity contribution < 1.29 is 17.9 Å². The minimum Gasteiger partial charge on any atom is -0.495 e. The summed E-state index contributed by atoms with van der Waals surface area (Å²) in [5.74, 6) is -0.256. The third-order valence-corrected chi connectivity index (χ3v) is 6.82. The van der Waals surface area contributed by atoms with Crippen LogP contribution in [0.25, 0.3) is 0 Å². The maximum Gasteiger partial charge on any atom is 0.245 e. The number of halogens is 1. The Hall–Kier alpha value is -2.68. The molecule has 0 aliphatic rings. The zero-order valence-electron chi connectivity index (χ0n) is 17.1. The Morgan fingerprint density at radius 1 is 1.03 bits per heavy atom. The van der Waals surface area contributed by atoms with Crippen molar-refractivity contribution in [3.63, 3.8) is 0 Å². The van der Waals surface area contributed by atoms with Gasteiger partial charge in [-0.3, -0.25) is 4.79 Å². The Bertz CT molecular complexity index is 1170. The molecule has 3 rings (SSSR count). The van der Waals surface area contributed by atoms with E-state index in [9.17, 15) is 13.2 Å². The first-order valence-electron chi connectivity index (χ1n) is 9.56. The molecule has 0 spiro atoms. The van der Waals surface area contributed by atoms with Crippen molar-refractivity contribution in [3.05, 3.63) is 88.4 Å². The van der Waals surface area contributed by atoms with E-state index in [1.807, 2.05) is 36.4 Å². The van der Waals surface area contributed by atoms with Gasteiger partial charge in [-0.15, -0.1) is 0 Å². The van der Waals surface area contributed by atoms with Crippen LogP contribution in [0.2, 0.25) is 0 Å². The summed E-state index contributed by atoms with van der Waals surface area (Å²) in [4.78, 5) is 13.1. The fourth-order valence-electron chi connectivity index (χ4n) is 3.06. The predicted molar refractivity (Wildman–Crippen MR) is 125 cm³/mol. The van der Waals surface area contributed by atoms with Crippen LogP contribution in [-0.4, -0.2) is 27.5 Å². The number of nitrogens with one attached hydrogen (secondary N) is 2. The zero-order valence-corrected chi connectivity index (χ0v) is 19.5. The fraction of sp³-hybridized carbons (Fsp3) is 0.174. The second-order valence-electron chi connectivity index (χ2n) is 6.99. The minimum absolute atomic E-state index is 0.0123. The monoisotopic (exact) mass is 502 g/mol. The Kier molecular flexibility index (Phi) is 7.48. The number of hydrogen-bond acceptors (Lipinski definition) is 4. The molecular weight excluding hydrogens is 480 g/mol. The molecule has 0 radical (unpaired) electrons. The van der Waals surface area contributed by atoms with Crippen molar-refractivity contribution in [2.24, 2.45) is 0 Å². The van der Waals surface area contributed by atoms with E-state index >= 15 is 0 Å². The van der Waals surface area contributed by atoms with Crippen molar-refractivity contribution in [2.45, 2.75) is 24.3 Å². The van der Waals surface area contributed by atoms with Gasteiger partial charge < -0.3 is 10.1 Å². The molecule has 0 unspecified atom stereocenters. The van der Waals surface area contributed by atoms with Gasteiger partial charge in [-0.25, -0.2) is 8.42 Å². The number of rotatable bonds is 8. The normalized spacial score (nSPS) is 12.2. The van der Waals surface area contributed by atoms with Crippen LogP contribution in [-0.2, 0) is 21.2 Å². The highest BCUT2D eigenvalue weighted by Crippen LogP contribution is 2.26. The van der Waals surface area contributed by atoms with Crippen LogP contribution in [0.1, 0.15) is 11.1 Å². The van der Waals surface area contributed by atoms with Crippen LogP contribution in [0.4, 0.5) is 5.69 Å². The van der Waals surface area contributed by atoms with Crippen molar-refractivity contribution in [1.82, 2.24) is 4.72 Å². The van der Waals surface area contributed by atoms with E-state index in [0.29, 0.717) is 10.2 Å². The van der Waals surface area contributed by atoms with E-state index in [-0.39, 0.29) is 17.1 Å². The van der Waals surface area contributed by atoms with Crippen LogP contribution < -0.4 is 14.8 Å². The van der Waals surface area contributed by atoms with Gasteiger partial charge in [0.05, 0.1) is 12.8 Å². The molecule has 162 valence electrons. The Morgan fingerprint density at radius 2 is 1.71 bits per heavy atom. The molecule has 6 nitrogen and oxygen atoms in total. The third kappa shape index (κ3) is 5.94. The molecule has 1 atom stereocenters. The third-order valence-electron chi connectivity index (χ3n) is 4.64. The Balaban J connectivity index is 1.93. The summed E-state index contributed by atoms with van der Waals surface area (Å²) < 4.78 is 34.9. The summed E-state index contributed by atoms with van der Waals surface area (Å²) in [5.41, 5.74) is 2.14. The highest BCUT2D eigenvalue weighted by Gasteiger charge is 2.28. The van der Waals surface area contributed by atoms with Crippen LogP contribution in [0, 0.1) is 6.92 Å². The quantitative estimate of drug-likeness (QED) is 0.480. The number of sulfonamides is 1. The van der Waals surface area contributed by atoms with E-state index in [4.69, 9.17) is 4.74 Å². The lowest BCUT2D eigenvalue weighted by molar-refractivity contribution is -0.117. The molecule has 3 aromatic rings. The van der Waals surface area contributed by atoms with E-state index in [1.165, 1.54) is 13.2 Å². The zero-order chi connectivity index (χ0) is 22.4. The van der Waals surface area contributed by atoms with Gasteiger partial charge in [0.1, 0.15) is 16.7 Å². The van der Waals surface area contributed by atoms with E-state index in [1.54, 1.807) is 37.3 Å². The number of ether oxygens (including phenoxy) is 1. The molecule has 0 aromatic heterocycles. The lowest BCUT2D eigenvalue weighted by Crippen LogP contribution is -2.45. The van der Waals surface area contributed by atoms with Gasteiger partial charge in [0.25, 0.3) is 0 Å². The van der Waals surface area contributed by atoms with Crippen LogP contribution in [0.5, 0.6) is 5.75 Å². The number of para-hydroxylation sites is 1. The largest absolute Gasteiger partial charge is 0.495 e. The molecule has 31 heavy (non-hydrogen) atoms. The fourth-order valence-corrected chi connectivity index (χ4v) is 4.90. The molecule has 0 heterocycles. The number of methoxy groups -OCH3 is 1. The average molecular weight is 503 g/mol. The number of aryl methyl sites for hydroxylation is 1. The number of benzene rings is 3. The van der Waals surface area contributed by atoms with Gasteiger partial charge >= 0.3 is 0 Å². The van der Waals surface area contributed by atoms with E-state index in [2.05, 4.69) is 26.0 Å². The molecular formula is C23H23BrN2O4S. The van der Waals surface area contributed by atoms with Crippen molar-refractivity contribution >= 4 is 37.5 Å². The molecule has 0 aliphatic heterocycles. The highest BCUT2D eigenvalue weighted by molar-refractivity contribution is 9.10. The Morgan fingerprint density at radius 3 is 2.39 bits per heavy atom. The lowest BCUT2D eigenvalue weighted by Gasteiger charge is -2.20. The summed E-state index contributed by atoms with van der Waals surface area (Å²) in [6.07, 6.45) is 0.185. The van der Waals surface area contributed by atoms with Gasteiger partial charge in [0.15, 0.2) is 0 Å². The first-order chi connectivity index (χ1) is 14.8. The minimum atomic E-state index is -4.04. The number of carbonyl (C=O) groups excluding carboxylic acids is 1. The first kappa shape index (κ1) is 23.0. The van der Waals surface area contributed by atoms with Gasteiger partial charge in [-0.05, 0) is 64.7 Å². The standard InChI is InChI=1S/C23H23BrN2O4S/c1-16-12-13-21(30-2)22(14-16)31(28,29)26-20(15-17-8-4-3-5-9-17)23(27)25-19-11-7-6-10-18(19)24/h3-14,20,26H,15H2,1-2H3,(H,25,27)/t20-/m0/s1. The molecule has 0 saturated heterocycles. The number of anilines is 1. The number of carbonyl (C=O) groups is 1. The highest BCUT2D eigenvalue weighted by atomic mass is 79.9. The van der Waals surface area contributed by atoms with Crippen molar-refractivity contribution in [3.8, 4) is 5.75 Å². The molecule has 3 aromatic carbocycles. The number of hydrogen-bond donors (Lipinski definition) is 2. The summed E-state index contributed by atoms with van der Waals surface area (Å²) >= 11 is 3.40. The lowest BCUT2D eigenvalue weighted by atomic mass is 10.1. The molecule has 0 aliphatic carbocycles. The van der Waals surface area contributed by atoms with Crippen LogP contribution in [0.15, 0.2) is 82.2 Å². The van der Waals surface area contributed by atoms with Gasteiger partial charge in [0, 0.05) is 4.47 Å². The molecule has 2 N–H and O–H groups in total. The summed E-state index contributed by atoms with van der Waals surface area (Å²) in [7, 11) is -2.63. The van der Waals surface area contributed by atoms with Crippen LogP contribution in [0.3, 0.4) is 0 Å². The second kappa shape index (κ2) is 10.1. The molecule has 8 heteroatoms. The van der Waals surface area contributed by atoms with Crippen molar-refractivity contribution in [2.75, 3.05) is 12.4 Å². The second-order valence-corrected chi connectivity index (χ2v) is 9.52. The smallest absolute Gasteiger partial charge is 0.245 e. The molecule has 1 amide bonds. The van der Waals surface area contributed by atoms with Crippen molar-refractivity contribution in [1.29, 1.82) is 0 Å². The van der Waals surface area contributed by atoms with Gasteiger partial charge in [-0.2, -0.15) is 4.72 Å². The maximum absolute atomic E-state index is 13.2. The Labute approximate surface area is 190 Å². The summed E-state index contributed by atoms with van der Waals surface area (Å²) in [6.45, 7) is 1.79. The predicted octanol–water partition coefficient (Wildman–Crippen LogP) is 4.29. The topological polar surface area (TPSA) is 84.5 Å². The molecule has 0 fully saturated rings. The summed E-state index contributed by atoms with van der Waals surface area (Å²) in [5, 5.41) is 2.80. The molecule has 0 saturated carbocycles. The average Bonchev–Trinajstić information content (AvgIpc) is 2.75. The van der Waals surface area contributed by atoms with Gasteiger partial charge in [0.2, 0.25) is 15.9 Å². The molecule has 0 bridgehead atoms. The number of amides is 1. The van der Waals surface area contributed by atoms with E-state index in [0.717, 1.165) is 11.1 Å². The maximum atomic E-state index is 13.2.